The number of piperidine rings is 1. The molecule has 1 aromatic rings. The van der Waals surface area contributed by atoms with Crippen LogP contribution in [0, 0.1) is 13.8 Å². The second kappa shape index (κ2) is 6.90. The number of sulfonamides is 1. The van der Waals surface area contributed by atoms with Gasteiger partial charge in [-0.15, -0.1) is 0 Å². The zero-order valence-corrected chi connectivity index (χ0v) is 14.1. The van der Waals surface area contributed by atoms with Crippen molar-refractivity contribution in [2.75, 3.05) is 33.2 Å². The zero-order valence-electron chi connectivity index (χ0n) is 13.3. The van der Waals surface area contributed by atoms with E-state index < -0.39 is 10.0 Å². The molecule has 0 aromatic heterocycles. The molecule has 2 rings (SSSR count). The SMILES string of the molecule is Cc1ccc(C)c(S(=O)(=O)N(C)CCN2CCCCC2)c1. The molecule has 0 atom stereocenters. The highest BCUT2D eigenvalue weighted by Crippen LogP contribution is 2.20. The van der Waals surface area contributed by atoms with Gasteiger partial charge in [0.1, 0.15) is 0 Å². The van der Waals surface area contributed by atoms with Crippen LogP contribution in [0.25, 0.3) is 0 Å². The molecule has 1 heterocycles. The van der Waals surface area contributed by atoms with Crippen LogP contribution in [0.15, 0.2) is 23.1 Å². The van der Waals surface area contributed by atoms with E-state index in [9.17, 15) is 8.42 Å². The van der Waals surface area contributed by atoms with E-state index in [0.717, 1.165) is 30.8 Å². The first-order valence-corrected chi connectivity index (χ1v) is 9.11. The van der Waals surface area contributed by atoms with Gasteiger partial charge in [-0.1, -0.05) is 18.6 Å². The van der Waals surface area contributed by atoms with E-state index in [0.29, 0.717) is 11.4 Å². The molecule has 21 heavy (non-hydrogen) atoms. The first-order valence-electron chi connectivity index (χ1n) is 7.67. The fourth-order valence-corrected chi connectivity index (χ4v) is 4.21. The van der Waals surface area contributed by atoms with E-state index in [1.165, 1.54) is 23.6 Å². The summed E-state index contributed by atoms with van der Waals surface area (Å²) in [7, 11) is -1.70. The lowest BCUT2D eigenvalue weighted by atomic mass is 10.1. The first kappa shape index (κ1) is 16.5. The van der Waals surface area contributed by atoms with E-state index in [4.69, 9.17) is 0 Å². The number of rotatable bonds is 5. The second-order valence-corrected chi connectivity index (χ2v) is 8.01. The van der Waals surface area contributed by atoms with Crippen LogP contribution in [-0.2, 0) is 10.0 Å². The topological polar surface area (TPSA) is 40.6 Å². The second-order valence-electron chi connectivity index (χ2n) is 6.00. The summed E-state index contributed by atoms with van der Waals surface area (Å²) in [4.78, 5) is 2.79. The lowest BCUT2D eigenvalue weighted by Crippen LogP contribution is -2.38. The molecule has 1 saturated heterocycles. The van der Waals surface area contributed by atoms with Gasteiger partial charge in [0, 0.05) is 20.1 Å². The van der Waals surface area contributed by atoms with E-state index >= 15 is 0 Å². The summed E-state index contributed by atoms with van der Waals surface area (Å²) >= 11 is 0. The van der Waals surface area contributed by atoms with Crippen molar-refractivity contribution in [2.45, 2.75) is 38.0 Å². The van der Waals surface area contributed by atoms with Crippen molar-refractivity contribution >= 4 is 10.0 Å². The minimum Gasteiger partial charge on any atom is -0.302 e. The van der Waals surface area contributed by atoms with Gasteiger partial charge in [-0.3, -0.25) is 0 Å². The number of likely N-dealkylation sites (N-methyl/N-ethyl adjacent to an activating group) is 1. The molecule has 0 bridgehead atoms. The molecule has 0 unspecified atom stereocenters. The molecule has 0 radical (unpaired) electrons. The lowest BCUT2D eigenvalue weighted by Gasteiger charge is -2.28. The van der Waals surface area contributed by atoms with Crippen LogP contribution >= 0.6 is 0 Å². The van der Waals surface area contributed by atoms with E-state index in [1.807, 2.05) is 26.0 Å². The molecule has 1 aromatic carbocycles. The van der Waals surface area contributed by atoms with E-state index in [1.54, 1.807) is 13.1 Å². The third kappa shape index (κ3) is 4.05. The highest BCUT2D eigenvalue weighted by molar-refractivity contribution is 7.89. The molecule has 0 saturated carbocycles. The molecule has 5 heteroatoms. The average molecular weight is 310 g/mol. The Morgan fingerprint density at radius 1 is 1.14 bits per heavy atom. The Morgan fingerprint density at radius 3 is 2.48 bits per heavy atom. The monoisotopic (exact) mass is 310 g/mol. The molecule has 1 fully saturated rings. The van der Waals surface area contributed by atoms with Crippen LogP contribution in [0.2, 0.25) is 0 Å². The Morgan fingerprint density at radius 2 is 1.81 bits per heavy atom. The summed E-state index contributed by atoms with van der Waals surface area (Å²) < 4.78 is 26.9. The van der Waals surface area contributed by atoms with Crippen molar-refractivity contribution in [1.82, 2.24) is 9.21 Å². The van der Waals surface area contributed by atoms with Crippen molar-refractivity contribution in [2.24, 2.45) is 0 Å². The number of likely N-dealkylation sites (tertiary alicyclic amines) is 1. The van der Waals surface area contributed by atoms with Crippen molar-refractivity contribution in [3.8, 4) is 0 Å². The molecule has 0 amide bonds. The predicted octanol–water partition coefficient (Wildman–Crippen LogP) is 2.41. The van der Waals surface area contributed by atoms with Crippen LogP contribution in [0.5, 0.6) is 0 Å². The average Bonchev–Trinajstić information content (AvgIpc) is 2.48. The third-order valence-electron chi connectivity index (χ3n) is 4.21. The van der Waals surface area contributed by atoms with Crippen LogP contribution in [0.4, 0.5) is 0 Å². The molecule has 0 N–H and O–H groups in total. The van der Waals surface area contributed by atoms with Gasteiger partial charge in [0.2, 0.25) is 10.0 Å². The van der Waals surface area contributed by atoms with Crippen LogP contribution in [-0.4, -0.2) is 50.8 Å². The summed E-state index contributed by atoms with van der Waals surface area (Å²) in [5, 5.41) is 0. The van der Waals surface area contributed by atoms with Crippen molar-refractivity contribution < 1.29 is 8.42 Å². The third-order valence-corrected chi connectivity index (χ3v) is 6.21. The molecule has 0 spiro atoms. The Hall–Kier alpha value is -0.910. The Labute approximate surface area is 128 Å². The summed E-state index contributed by atoms with van der Waals surface area (Å²) in [6, 6.07) is 5.59. The van der Waals surface area contributed by atoms with Gasteiger partial charge >= 0.3 is 0 Å². The minimum absolute atomic E-state index is 0.434. The summed E-state index contributed by atoms with van der Waals surface area (Å²) in [5.41, 5.74) is 1.79. The zero-order chi connectivity index (χ0) is 15.5. The minimum atomic E-state index is -3.39. The van der Waals surface area contributed by atoms with Gasteiger partial charge < -0.3 is 4.90 Å². The standard InChI is InChI=1S/C16H26N2O2S/c1-14-7-8-15(2)16(13-14)21(19,20)17(3)11-12-18-9-5-4-6-10-18/h7-8,13H,4-6,9-12H2,1-3H3. The quantitative estimate of drug-likeness (QED) is 0.838. The van der Waals surface area contributed by atoms with Crippen molar-refractivity contribution in [3.05, 3.63) is 29.3 Å². The molecular weight excluding hydrogens is 284 g/mol. The number of hydrogen-bond donors (Lipinski definition) is 0. The highest BCUT2D eigenvalue weighted by Gasteiger charge is 2.23. The first-order chi connectivity index (χ1) is 9.91. The van der Waals surface area contributed by atoms with E-state index in [-0.39, 0.29) is 0 Å². The molecular formula is C16H26N2O2S. The Balaban J connectivity index is 2.05. The molecule has 1 aliphatic heterocycles. The summed E-state index contributed by atoms with van der Waals surface area (Å²) in [5.74, 6) is 0. The molecule has 4 nitrogen and oxygen atoms in total. The van der Waals surface area contributed by atoms with Crippen molar-refractivity contribution in [3.63, 3.8) is 0 Å². The van der Waals surface area contributed by atoms with Gasteiger partial charge in [0.25, 0.3) is 0 Å². The summed E-state index contributed by atoms with van der Waals surface area (Å²) in [6.07, 6.45) is 3.76. The van der Waals surface area contributed by atoms with Crippen LogP contribution < -0.4 is 0 Å². The van der Waals surface area contributed by atoms with Gasteiger partial charge in [0.15, 0.2) is 0 Å². The van der Waals surface area contributed by atoms with Gasteiger partial charge in [-0.2, -0.15) is 4.31 Å². The molecule has 1 aliphatic rings. The largest absolute Gasteiger partial charge is 0.302 e. The fourth-order valence-electron chi connectivity index (χ4n) is 2.74. The predicted molar refractivity (Wildman–Crippen MR) is 86.0 cm³/mol. The Bertz CT molecular complexity index is 578. The van der Waals surface area contributed by atoms with Crippen molar-refractivity contribution in [1.29, 1.82) is 0 Å². The molecule has 118 valence electrons. The van der Waals surface area contributed by atoms with Gasteiger partial charge in [0.05, 0.1) is 4.90 Å². The van der Waals surface area contributed by atoms with Gasteiger partial charge in [-0.25, -0.2) is 8.42 Å². The number of benzene rings is 1. The highest BCUT2D eigenvalue weighted by atomic mass is 32.2. The number of nitrogens with zero attached hydrogens (tertiary/aromatic N) is 2. The number of hydrogen-bond acceptors (Lipinski definition) is 3. The van der Waals surface area contributed by atoms with Crippen LogP contribution in [0.1, 0.15) is 30.4 Å². The maximum absolute atomic E-state index is 12.7. The Kier molecular flexibility index (Phi) is 5.41. The van der Waals surface area contributed by atoms with E-state index in [2.05, 4.69) is 4.90 Å². The maximum atomic E-state index is 12.7. The van der Waals surface area contributed by atoms with Gasteiger partial charge in [-0.05, 0) is 57.0 Å². The van der Waals surface area contributed by atoms with Crippen LogP contribution in [0.3, 0.4) is 0 Å². The number of aryl methyl sites for hydroxylation is 2. The smallest absolute Gasteiger partial charge is 0.243 e. The fraction of sp³-hybridized carbons (Fsp3) is 0.625. The lowest BCUT2D eigenvalue weighted by molar-refractivity contribution is 0.218. The normalized spacial score (nSPS) is 17.3. The molecule has 0 aliphatic carbocycles. The summed E-state index contributed by atoms with van der Waals surface area (Å²) in [6.45, 7) is 7.34. The maximum Gasteiger partial charge on any atom is 0.243 e.